The second-order valence-electron chi connectivity index (χ2n) is 0.101. The standard InChI is InChI=1S/Cl2H2Si.Zr/c1-3-2;/h3H2;. The zero-order chi connectivity index (χ0) is 2.71. The summed E-state index contributed by atoms with van der Waals surface area (Å²) in [5.41, 5.74) is 0. The molecule has 0 aromatic rings. The van der Waals surface area contributed by atoms with E-state index >= 15 is 0 Å². The Morgan fingerprint density at radius 2 is 1.25 bits per heavy atom. The molecule has 0 unspecified atom stereocenters. The van der Waals surface area contributed by atoms with Crippen LogP contribution in [0.5, 0.6) is 0 Å². The van der Waals surface area contributed by atoms with Crippen LogP contribution in [0.3, 0.4) is 0 Å². The number of halogens is 2. The van der Waals surface area contributed by atoms with Crippen molar-refractivity contribution in [3.05, 3.63) is 0 Å². The molecule has 24 valence electrons. The average molecular weight is 192 g/mol. The monoisotopic (exact) mass is 190 g/mol. The summed E-state index contributed by atoms with van der Waals surface area (Å²) in [6, 6.07) is 0. The van der Waals surface area contributed by atoms with Gasteiger partial charge in [0, 0.05) is 26.2 Å². The molecule has 0 N–H and O–H groups in total. The molecule has 0 aromatic carbocycles. The minimum atomic E-state index is -0.639. The molecule has 0 saturated heterocycles. The molecule has 0 aliphatic carbocycles. The van der Waals surface area contributed by atoms with Crippen molar-refractivity contribution in [1.29, 1.82) is 0 Å². The summed E-state index contributed by atoms with van der Waals surface area (Å²) >= 11 is 9.81. The molecule has 0 aliphatic rings. The first-order chi connectivity index (χ1) is 1.41. The Hall–Kier alpha value is 1.68. The topological polar surface area (TPSA) is 0 Å². The Balaban J connectivity index is 0. The maximum absolute atomic E-state index is 4.90. The van der Waals surface area contributed by atoms with Crippen LogP contribution in [0.25, 0.3) is 0 Å². The Kier molecular flexibility index (Phi) is 20.3. The molecule has 0 aliphatic heterocycles. The van der Waals surface area contributed by atoms with Crippen molar-refractivity contribution in [3.8, 4) is 0 Å². The Morgan fingerprint density at radius 3 is 1.25 bits per heavy atom. The second-order valence-corrected chi connectivity index (χ2v) is 2.73. The van der Waals surface area contributed by atoms with Crippen molar-refractivity contribution in [2.24, 2.45) is 0 Å². The summed E-state index contributed by atoms with van der Waals surface area (Å²) in [5.74, 6) is 0. The fraction of sp³-hybridized carbons (Fsp3) is 0. The first-order valence-corrected chi connectivity index (χ1v) is 4.81. The van der Waals surface area contributed by atoms with Crippen molar-refractivity contribution in [2.75, 3.05) is 0 Å². The molecule has 0 spiro atoms. The van der Waals surface area contributed by atoms with Crippen LogP contribution in [0.15, 0.2) is 0 Å². The van der Waals surface area contributed by atoms with E-state index in [4.69, 9.17) is 22.2 Å². The van der Waals surface area contributed by atoms with E-state index in [9.17, 15) is 0 Å². The fourth-order valence-corrected chi connectivity index (χ4v) is 0. The normalized spacial score (nSPS) is 4.50. The van der Waals surface area contributed by atoms with Gasteiger partial charge in [0.15, 0.2) is 0 Å². The quantitative estimate of drug-likeness (QED) is 0.386. The summed E-state index contributed by atoms with van der Waals surface area (Å²) in [6.45, 7) is 0. The van der Waals surface area contributed by atoms with Gasteiger partial charge in [-0.25, -0.2) is 0 Å². The van der Waals surface area contributed by atoms with Gasteiger partial charge in [-0.2, -0.15) is 22.2 Å². The average Bonchev–Trinajstić information content (AvgIpc) is 0.918. The molecule has 0 bridgehead atoms. The van der Waals surface area contributed by atoms with Crippen LogP contribution in [0.2, 0.25) is 0 Å². The first kappa shape index (κ1) is 9.19. The van der Waals surface area contributed by atoms with E-state index in [-0.39, 0.29) is 26.2 Å². The minimum absolute atomic E-state index is 0. The fourth-order valence-electron chi connectivity index (χ4n) is 0. The molecular weight excluding hydrogens is 190 g/mol. The van der Waals surface area contributed by atoms with E-state index in [1.165, 1.54) is 0 Å². The maximum Gasteiger partial charge on any atom is 0.222 e. The molecule has 0 heterocycles. The summed E-state index contributed by atoms with van der Waals surface area (Å²) in [4.78, 5) is 0. The smallest absolute Gasteiger partial charge is 0.155 e. The van der Waals surface area contributed by atoms with Crippen LogP contribution in [0.1, 0.15) is 0 Å². The zero-order valence-corrected chi connectivity index (χ0v) is 7.35. The van der Waals surface area contributed by atoms with Gasteiger partial charge in [-0.1, -0.05) is 0 Å². The van der Waals surface area contributed by atoms with Gasteiger partial charge in [-0.15, -0.1) is 0 Å². The van der Waals surface area contributed by atoms with E-state index in [0.29, 0.717) is 0 Å². The Labute approximate surface area is 56.2 Å². The molecule has 4 heteroatoms. The largest absolute Gasteiger partial charge is 0.222 e. The molecule has 0 atom stereocenters. The predicted molar refractivity (Wildman–Crippen MR) is 20.2 cm³/mol. The van der Waals surface area contributed by atoms with Gasteiger partial charge in [0.2, 0.25) is 8.14 Å². The van der Waals surface area contributed by atoms with Crippen molar-refractivity contribution in [3.63, 3.8) is 0 Å². The third kappa shape index (κ3) is 9.36. The van der Waals surface area contributed by atoms with Gasteiger partial charge in [-0.05, 0) is 0 Å². The molecule has 0 aromatic heterocycles. The third-order valence-corrected chi connectivity index (χ3v) is 0. The van der Waals surface area contributed by atoms with Gasteiger partial charge in [-0.3, -0.25) is 0 Å². The first-order valence-electron chi connectivity index (χ1n) is 0.535. The molecule has 0 fully saturated rings. The van der Waals surface area contributed by atoms with E-state index in [1.54, 1.807) is 0 Å². The van der Waals surface area contributed by atoms with Crippen LogP contribution < -0.4 is 0 Å². The summed E-state index contributed by atoms with van der Waals surface area (Å²) in [7, 11) is -0.639. The Morgan fingerprint density at radius 1 is 1.25 bits per heavy atom. The molecule has 4 heavy (non-hydrogen) atoms. The van der Waals surface area contributed by atoms with Crippen LogP contribution in [0.4, 0.5) is 0 Å². The SMILES string of the molecule is Cl[SiH2]Cl.[Zr]. The van der Waals surface area contributed by atoms with Gasteiger partial charge >= 0.3 is 0 Å². The summed E-state index contributed by atoms with van der Waals surface area (Å²) in [5, 5.41) is 0. The van der Waals surface area contributed by atoms with Crippen molar-refractivity contribution >= 4 is 30.3 Å². The number of hydrogen-bond donors (Lipinski definition) is 0. The molecule has 0 radical (unpaired) electrons. The number of rotatable bonds is 0. The van der Waals surface area contributed by atoms with Crippen molar-refractivity contribution in [2.45, 2.75) is 0 Å². The summed E-state index contributed by atoms with van der Waals surface area (Å²) in [6.07, 6.45) is 0. The second kappa shape index (κ2) is 8.82. The third-order valence-electron chi connectivity index (χ3n) is 0. The van der Waals surface area contributed by atoms with Gasteiger partial charge in [0.25, 0.3) is 0 Å². The number of hydrogen-bond acceptors (Lipinski definition) is 0. The van der Waals surface area contributed by atoms with E-state index in [1.807, 2.05) is 0 Å². The zero-order valence-electron chi connectivity index (χ0n) is 1.96. The van der Waals surface area contributed by atoms with Crippen molar-refractivity contribution < 1.29 is 26.2 Å². The van der Waals surface area contributed by atoms with E-state index in [2.05, 4.69) is 0 Å². The molecule has 0 saturated carbocycles. The van der Waals surface area contributed by atoms with E-state index in [0.717, 1.165) is 0 Å². The van der Waals surface area contributed by atoms with Gasteiger partial charge in [0.1, 0.15) is 0 Å². The molecule has 0 amide bonds. The van der Waals surface area contributed by atoms with Crippen LogP contribution >= 0.6 is 22.2 Å². The van der Waals surface area contributed by atoms with Gasteiger partial charge in [0.05, 0.1) is 0 Å². The van der Waals surface area contributed by atoms with Crippen LogP contribution in [-0.4, -0.2) is 8.14 Å². The summed E-state index contributed by atoms with van der Waals surface area (Å²) < 4.78 is 0. The van der Waals surface area contributed by atoms with Crippen LogP contribution in [-0.2, 0) is 26.2 Å². The predicted octanol–water partition coefficient (Wildman–Crippen LogP) is 0.460. The van der Waals surface area contributed by atoms with Gasteiger partial charge < -0.3 is 0 Å². The van der Waals surface area contributed by atoms with Crippen LogP contribution in [0, 0.1) is 0 Å². The van der Waals surface area contributed by atoms with E-state index < -0.39 is 8.14 Å². The maximum atomic E-state index is 4.90. The molecule has 0 rings (SSSR count). The molecular formula is H2Cl2SiZr. The minimum Gasteiger partial charge on any atom is -0.155 e. The molecule has 0 nitrogen and oxygen atoms in total. The van der Waals surface area contributed by atoms with Crippen molar-refractivity contribution in [1.82, 2.24) is 0 Å². The Bertz CT molecular complexity index is 6.00.